The number of carbonyl (C=O) groups is 1. The fraction of sp³-hybridized carbons (Fsp3) is 0.714. The van der Waals surface area contributed by atoms with Crippen LogP contribution in [0.4, 0.5) is 4.79 Å². The van der Waals surface area contributed by atoms with Gasteiger partial charge in [-0.15, -0.1) is 11.3 Å². The molecule has 2 unspecified atom stereocenters. The summed E-state index contributed by atoms with van der Waals surface area (Å²) in [5, 5.41) is 8.72. The van der Waals surface area contributed by atoms with Crippen LogP contribution in [0.15, 0.2) is 22.5 Å². The molecular formula is C21H35N5O2S. The molecular weight excluding hydrogens is 386 g/mol. The van der Waals surface area contributed by atoms with Crippen LogP contribution in [-0.4, -0.2) is 73.3 Å². The van der Waals surface area contributed by atoms with Crippen molar-refractivity contribution in [3.05, 3.63) is 22.4 Å². The molecule has 1 aromatic heterocycles. The molecule has 1 amide bonds. The van der Waals surface area contributed by atoms with E-state index in [0.29, 0.717) is 6.04 Å². The van der Waals surface area contributed by atoms with Crippen molar-refractivity contribution in [2.45, 2.75) is 57.7 Å². The van der Waals surface area contributed by atoms with E-state index in [4.69, 9.17) is 4.74 Å². The van der Waals surface area contributed by atoms with Crippen LogP contribution in [0.5, 0.6) is 0 Å². The fourth-order valence-corrected chi connectivity index (χ4v) is 4.87. The quantitative estimate of drug-likeness (QED) is 0.565. The molecule has 3 heterocycles. The smallest absolute Gasteiger partial charge is 0.407 e. The summed E-state index contributed by atoms with van der Waals surface area (Å²) in [5.41, 5.74) is -0.480. The minimum Gasteiger partial charge on any atom is -0.444 e. The van der Waals surface area contributed by atoms with Gasteiger partial charge in [-0.1, -0.05) is 6.07 Å². The Labute approximate surface area is 178 Å². The predicted octanol–water partition coefficient (Wildman–Crippen LogP) is 3.06. The zero-order valence-electron chi connectivity index (χ0n) is 18.1. The second-order valence-electron chi connectivity index (χ2n) is 8.78. The number of nitrogens with zero attached hydrogens (tertiary/aromatic N) is 3. The van der Waals surface area contributed by atoms with Crippen molar-refractivity contribution in [3.63, 3.8) is 0 Å². The molecule has 0 spiro atoms. The van der Waals surface area contributed by atoms with Crippen LogP contribution in [0, 0.1) is 0 Å². The van der Waals surface area contributed by atoms with Gasteiger partial charge in [0, 0.05) is 31.6 Å². The van der Waals surface area contributed by atoms with E-state index < -0.39 is 5.60 Å². The maximum Gasteiger partial charge on any atom is 0.407 e. The first kappa shape index (κ1) is 21.9. The summed E-state index contributed by atoms with van der Waals surface area (Å²) in [4.78, 5) is 22.7. The second kappa shape index (κ2) is 9.80. The monoisotopic (exact) mass is 421 g/mol. The van der Waals surface area contributed by atoms with Gasteiger partial charge in [0.1, 0.15) is 5.60 Å². The third-order valence-electron chi connectivity index (χ3n) is 5.33. The number of amides is 1. The number of aliphatic imine (C=N–C) groups is 1. The first-order chi connectivity index (χ1) is 13.9. The Bertz CT molecular complexity index is 680. The minimum absolute atomic E-state index is 0.0788. The van der Waals surface area contributed by atoms with Gasteiger partial charge in [-0.3, -0.25) is 9.89 Å². The first-order valence-corrected chi connectivity index (χ1v) is 11.5. The molecule has 2 saturated heterocycles. The number of carbonyl (C=O) groups excluding carboxylic acids is 1. The molecule has 0 aliphatic carbocycles. The summed E-state index contributed by atoms with van der Waals surface area (Å²) >= 11 is 1.82. The van der Waals surface area contributed by atoms with Gasteiger partial charge in [-0.25, -0.2) is 4.79 Å². The van der Waals surface area contributed by atoms with E-state index in [1.54, 1.807) is 0 Å². The number of ether oxygens (including phenoxy) is 1. The van der Waals surface area contributed by atoms with Gasteiger partial charge in [-0.05, 0) is 64.6 Å². The average molecular weight is 422 g/mol. The molecule has 7 nitrogen and oxygen atoms in total. The lowest BCUT2D eigenvalue weighted by Crippen LogP contribution is -2.46. The molecule has 2 aliphatic rings. The van der Waals surface area contributed by atoms with Crippen molar-refractivity contribution >= 4 is 23.4 Å². The molecule has 2 N–H and O–H groups in total. The van der Waals surface area contributed by atoms with E-state index >= 15 is 0 Å². The summed E-state index contributed by atoms with van der Waals surface area (Å²) in [7, 11) is 1.83. The lowest BCUT2D eigenvalue weighted by Gasteiger charge is -2.29. The number of likely N-dealkylation sites (tertiary alicyclic amines) is 2. The average Bonchev–Trinajstić information content (AvgIpc) is 3.39. The zero-order valence-corrected chi connectivity index (χ0v) is 18.9. The highest BCUT2D eigenvalue weighted by atomic mass is 32.1. The Morgan fingerprint density at radius 1 is 1.34 bits per heavy atom. The fourth-order valence-electron chi connectivity index (χ4n) is 4.01. The summed E-state index contributed by atoms with van der Waals surface area (Å²) in [5.74, 6) is 0.902. The third kappa shape index (κ3) is 6.34. The van der Waals surface area contributed by atoms with Gasteiger partial charge in [0.2, 0.25) is 0 Å². The Balaban J connectivity index is 1.53. The number of nitrogens with one attached hydrogen (secondary N) is 2. The number of rotatable bonds is 5. The Kier molecular flexibility index (Phi) is 7.40. The minimum atomic E-state index is -0.480. The van der Waals surface area contributed by atoms with E-state index in [9.17, 15) is 4.79 Å². The number of hydrogen-bond acceptors (Lipinski definition) is 5. The number of thiophene rings is 1. The van der Waals surface area contributed by atoms with Crippen LogP contribution in [0.2, 0.25) is 0 Å². The second-order valence-corrected chi connectivity index (χ2v) is 9.76. The highest BCUT2D eigenvalue weighted by Crippen LogP contribution is 2.28. The molecule has 29 heavy (non-hydrogen) atoms. The molecule has 8 heteroatoms. The molecule has 0 aromatic carbocycles. The molecule has 162 valence electrons. The Morgan fingerprint density at radius 3 is 2.72 bits per heavy atom. The largest absolute Gasteiger partial charge is 0.444 e. The van der Waals surface area contributed by atoms with Crippen molar-refractivity contribution in [2.24, 2.45) is 4.99 Å². The van der Waals surface area contributed by atoms with Crippen LogP contribution in [0.25, 0.3) is 0 Å². The number of guanidine groups is 1. The van der Waals surface area contributed by atoms with E-state index in [1.807, 2.05) is 39.2 Å². The van der Waals surface area contributed by atoms with Crippen LogP contribution in [0.1, 0.15) is 51.0 Å². The maximum absolute atomic E-state index is 12.1. The molecule has 0 radical (unpaired) electrons. The number of hydrogen-bond donors (Lipinski definition) is 2. The van der Waals surface area contributed by atoms with Crippen molar-refractivity contribution in [3.8, 4) is 0 Å². The van der Waals surface area contributed by atoms with E-state index in [1.165, 1.54) is 17.7 Å². The van der Waals surface area contributed by atoms with Crippen LogP contribution in [-0.2, 0) is 4.74 Å². The molecule has 1 aromatic rings. The molecule has 0 saturated carbocycles. The Morgan fingerprint density at radius 2 is 2.10 bits per heavy atom. The predicted molar refractivity (Wildman–Crippen MR) is 119 cm³/mol. The topological polar surface area (TPSA) is 69.2 Å². The molecule has 0 bridgehead atoms. The van der Waals surface area contributed by atoms with Gasteiger partial charge in [0.25, 0.3) is 0 Å². The summed E-state index contributed by atoms with van der Waals surface area (Å²) in [6.07, 6.45) is 3.10. The van der Waals surface area contributed by atoms with Gasteiger partial charge >= 0.3 is 6.09 Å². The van der Waals surface area contributed by atoms with Crippen LogP contribution < -0.4 is 10.6 Å². The van der Waals surface area contributed by atoms with Crippen molar-refractivity contribution < 1.29 is 9.53 Å². The lowest BCUT2D eigenvalue weighted by atomic mass is 10.2. The molecule has 3 rings (SSSR count). The molecule has 2 fully saturated rings. The van der Waals surface area contributed by atoms with Crippen molar-refractivity contribution in [1.29, 1.82) is 0 Å². The van der Waals surface area contributed by atoms with E-state index in [-0.39, 0.29) is 12.1 Å². The van der Waals surface area contributed by atoms with Gasteiger partial charge < -0.3 is 20.3 Å². The summed E-state index contributed by atoms with van der Waals surface area (Å²) < 4.78 is 5.38. The van der Waals surface area contributed by atoms with Crippen molar-refractivity contribution in [1.82, 2.24) is 20.4 Å². The van der Waals surface area contributed by atoms with Gasteiger partial charge in [0.15, 0.2) is 5.96 Å². The van der Waals surface area contributed by atoms with Crippen LogP contribution in [0.3, 0.4) is 0 Å². The maximum atomic E-state index is 12.1. The normalized spacial score (nSPS) is 22.0. The Hall–Kier alpha value is -1.80. The summed E-state index contributed by atoms with van der Waals surface area (Å²) in [6.45, 7) is 10.4. The van der Waals surface area contributed by atoms with Gasteiger partial charge in [0.05, 0.1) is 12.1 Å². The van der Waals surface area contributed by atoms with Gasteiger partial charge in [-0.2, -0.15) is 0 Å². The molecule has 2 atom stereocenters. The third-order valence-corrected chi connectivity index (χ3v) is 6.30. The standard InChI is InChI=1S/C21H35N5O2S/c1-21(2,3)28-20(27)24-16-9-12-26(15-16)19(22-4)23-14-17(18-8-7-13-29-18)25-10-5-6-11-25/h7-8,13,16-17H,5-6,9-12,14-15H2,1-4H3,(H,22,23)(H,24,27). The van der Waals surface area contributed by atoms with Crippen molar-refractivity contribution in [2.75, 3.05) is 39.8 Å². The molecule has 2 aliphatic heterocycles. The highest BCUT2D eigenvalue weighted by Gasteiger charge is 2.29. The van der Waals surface area contributed by atoms with E-state index in [2.05, 4.69) is 42.9 Å². The van der Waals surface area contributed by atoms with E-state index in [0.717, 1.165) is 45.1 Å². The first-order valence-electron chi connectivity index (χ1n) is 10.6. The zero-order chi connectivity index (χ0) is 20.9. The highest BCUT2D eigenvalue weighted by molar-refractivity contribution is 7.10. The van der Waals surface area contributed by atoms with Crippen LogP contribution >= 0.6 is 11.3 Å². The SMILES string of the molecule is CN=C(NCC(c1cccs1)N1CCCC1)N1CCC(NC(=O)OC(C)(C)C)C1. The summed E-state index contributed by atoms with van der Waals surface area (Å²) in [6, 6.07) is 4.82. The number of alkyl carbamates (subject to hydrolysis) is 1. The lowest BCUT2D eigenvalue weighted by molar-refractivity contribution is 0.0507.